The zero-order chi connectivity index (χ0) is 19.3. The van der Waals surface area contributed by atoms with Crippen molar-refractivity contribution in [1.29, 1.82) is 0 Å². The number of nitrogens with one attached hydrogen (secondary N) is 2. The van der Waals surface area contributed by atoms with Gasteiger partial charge in [0.15, 0.2) is 0 Å². The van der Waals surface area contributed by atoms with Crippen LogP contribution in [0.4, 0.5) is 13.2 Å². The standard InChI is InChI=1S/C20H18F3N3O/c21-20(22,23)16-8-4-5-14(11-16)12-19(27)26-17(13-18-24-9-10-25-18)15-6-2-1-3-7-15/h1-11,17H,12-13H2,(H,24,25)(H,26,27)/t17-/m1/s1. The highest BCUT2D eigenvalue weighted by molar-refractivity contribution is 5.79. The zero-order valence-electron chi connectivity index (χ0n) is 14.3. The maximum atomic E-state index is 12.8. The van der Waals surface area contributed by atoms with Crippen molar-refractivity contribution in [2.45, 2.75) is 25.1 Å². The van der Waals surface area contributed by atoms with Crippen molar-refractivity contribution in [3.05, 3.63) is 89.5 Å². The summed E-state index contributed by atoms with van der Waals surface area (Å²) in [4.78, 5) is 19.6. The smallest absolute Gasteiger partial charge is 0.349 e. The molecule has 27 heavy (non-hydrogen) atoms. The SMILES string of the molecule is O=C(Cc1cccc(C(F)(F)F)c1)N[C@H](Cc1ncc[nH]1)c1ccccc1. The third-order valence-corrected chi connectivity index (χ3v) is 4.11. The van der Waals surface area contributed by atoms with Gasteiger partial charge in [0.05, 0.1) is 18.0 Å². The fraction of sp³-hybridized carbons (Fsp3) is 0.200. The number of hydrogen-bond acceptors (Lipinski definition) is 2. The van der Waals surface area contributed by atoms with Crippen LogP contribution in [0.3, 0.4) is 0 Å². The lowest BCUT2D eigenvalue weighted by Crippen LogP contribution is -2.31. The van der Waals surface area contributed by atoms with E-state index in [0.29, 0.717) is 17.8 Å². The molecule has 0 fully saturated rings. The van der Waals surface area contributed by atoms with Crippen molar-refractivity contribution in [2.75, 3.05) is 0 Å². The minimum atomic E-state index is -4.43. The number of H-pyrrole nitrogens is 1. The van der Waals surface area contributed by atoms with Crippen LogP contribution in [0.2, 0.25) is 0 Å². The predicted octanol–water partition coefficient (Wildman–Crippen LogP) is 4.07. The van der Waals surface area contributed by atoms with E-state index in [9.17, 15) is 18.0 Å². The molecule has 0 aliphatic heterocycles. The van der Waals surface area contributed by atoms with Gasteiger partial charge in [-0.15, -0.1) is 0 Å². The summed E-state index contributed by atoms with van der Waals surface area (Å²) < 4.78 is 38.5. The second-order valence-corrected chi connectivity index (χ2v) is 6.15. The summed E-state index contributed by atoms with van der Waals surface area (Å²) in [7, 11) is 0. The van der Waals surface area contributed by atoms with E-state index in [1.165, 1.54) is 12.1 Å². The van der Waals surface area contributed by atoms with Crippen molar-refractivity contribution < 1.29 is 18.0 Å². The Labute approximate surface area is 154 Å². The molecule has 2 aromatic carbocycles. The average Bonchev–Trinajstić information content (AvgIpc) is 3.14. The first-order valence-corrected chi connectivity index (χ1v) is 8.40. The summed E-state index contributed by atoms with van der Waals surface area (Å²) in [5.41, 5.74) is 0.446. The van der Waals surface area contributed by atoms with Gasteiger partial charge in [0, 0.05) is 18.8 Å². The molecule has 7 heteroatoms. The second-order valence-electron chi connectivity index (χ2n) is 6.15. The molecule has 0 spiro atoms. The number of amides is 1. The number of benzene rings is 2. The molecule has 1 aromatic heterocycles. The van der Waals surface area contributed by atoms with Gasteiger partial charge in [0.1, 0.15) is 5.82 Å². The number of imidazole rings is 1. The zero-order valence-corrected chi connectivity index (χ0v) is 14.3. The first-order valence-electron chi connectivity index (χ1n) is 8.40. The molecule has 0 unspecified atom stereocenters. The van der Waals surface area contributed by atoms with Crippen LogP contribution in [0.25, 0.3) is 0 Å². The van der Waals surface area contributed by atoms with E-state index in [-0.39, 0.29) is 18.4 Å². The fourth-order valence-corrected chi connectivity index (χ4v) is 2.83. The van der Waals surface area contributed by atoms with Gasteiger partial charge in [-0.1, -0.05) is 48.5 Å². The Morgan fingerprint density at radius 3 is 2.56 bits per heavy atom. The summed E-state index contributed by atoms with van der Waals surface area (Å²) in [6.07, 6.45) is -0.793. The van der Waals surface area contributed by atoms with Crippen LogP contribution in [0.1, 0.15) is 28.6 Å². The highest BCUT2D eigenvalue weighted by atomic mass is 19.4. The van der Waals surface area contributed by atoms with Crippen LogP contribution >= 0.6 is 0 Å². The number of hydrogen-bond donors (Lipinski definition) is 2. The van der Waals surface area contributed by atoms with Gasteiger partial charge >= 0.3 is 6.18 Å². The fourth-order valence-electron chi connectivity index (χ4n) is 2.83. The number of carbonyl (C=O) groups is 1. The Bertz CT molecular complexity index is 877. The lowest BCUT2D eigenvalue weighted by molar-refractivity contribution is -0.137. The number of rotatable bonds is 6. The van der Waals surface area contributed by atoms with E-state index in [0.717, 1.165) is 17.7 Å². The molecule has 1 atom stereocenters. The van der Waals surface area contributed by atoms with E-state index in [1.807, 2.05) is 30.3 Å². The van der Waals surface area contributed by atoms with E-state index in [2.05, 4.69) is 15.3 Å². The Kier molecular flexibility index (Phi) is 5.59. The number of aromatic amines is 1. The normalized spacial score (nSPS) is 12.6. The van der Waals surface area contributed by atoms with Crippen molar-refractivity contribution in [1.82, 2.24) is 15.3 Å². The third kappa shape index (κ3) is 5.20. The van der Waals surface area contributed by atoms with Crippen molar-refractivity contribution in [2.24, 2.45) is 0 Å². The topological polar surface area (TPSA) is 57.8 Å². The summed E-state index contributed by atoms with van der Waals surface area (Å²) in [5.74, 6) is 0.359. The first-order chi connectivity index (χ1) is 12.9. The third-order valence-electron chi connectivity index (χ3n) is 4.11. The minimum absolute atomic E-state index is 0.134. The Morgan fingerprint density at radius 2 is 1.89 bits per heavy atom. The largest absolute Gasteiger partial charge is 0.416 e. The van der Waals surface area contributed by atoms with Gasteiger partial charge < -0.3 is 10.3 Å². The van der Waals surface area contributed by atoms with Crippen LogP contribution in [0.15, 0.2) is 67.0 Å². The quantitative estimate of drug-likeness (QED) is 0.684. The second kappa shape index (κ2) is 8.07. The summed E-state index contributed by atoms with van der Waals surface area (Å²) in [6.45, 7) is 0. The highest BCUT2D eigenvalue weighted by Gasteiger charge is 2.30. The van der Waals surface area contributed by atoms with Gasteiger partial charge in [-0.3, -0.25) is 4.79 Å². The molecule has 3 rings (SSSR count). The average molecular weight is 373 g/mol. The molecule has 1 amide bonds. The summed E-state index contributed by atoms with van der Waals surface area (Å²) >= 11 is 0. The molecule has 0 aliphatic carbocycles. The van der Waals surface area contributed by atoms with Crippen LogP contribution < -0.4 is 5.32 Å². The first kappa shape index (κ1) is 18.7. The molecule has 1 heterocycles. The maximum absolute atomic E-state index is 12.8. The van der Waals surface area contributed by atoms with Crippen molar-refractivity contribution in [3.63, 3.8) is 0 Å². The number of aromatic nitrogens is 2. The summed E-state index contributed by atoms with van der Waals surface area (Å²) in [5, 5.41) is 2.90. The number of carbonyl (C=O) groups excluding carboxylic acids is 1. The van der Waals surface area contributed by atoms with E-state index < -0.39 is 11.7 Å². The molecule has 3 aromatic rings. The monoisotopic (exact) mass is 373 g/mol. The van der Waals surface area contributed by atoms with Gasteiger partial charge in [-0.05, 0) is 17.2 Å². The molecule has 4 nitrogen and oxygen atoms in total. The number of halogens is 3. The van der Waals surface area contributed by atoms with Gasteiger partial charge in [-0.25, -0.2) is 4.98 Å². The molecule has 0 bridgehead atoms. The van der Waals surface area contributed by atoms with Crippen LogP contribution in [0, 0.1) is 0 Å². The van der Waals surface area contributed by atoms with E-state index >= 15 is 0 Å². The van der Waals surface area contributed by atoms with Crippen LogP contribution in [-0.4, -0.2) is 15.9 Å². The lowest BCUT2D eigenvalue weighted by Gasteiger charge is -2.18. The van der Waals surface area contributed by atoms with Gasteiger partial charge in [-0.2, -0.15) is 13.2 Å². The predicted molar refractivity (Wildman–Crippen MR) is 94.8 cm³/mol. The molecule has 0 saturated heterocycles. The summed E-state index contributed by atoms with van der Waals surface area (Å²) in [6, 6.07) is 13.9. The Balaban J connectivity index is 1.73. The minimum Gasteiger partial charge on any atom is -0.349 e. The maximum Gasteiger partial charge on any atom is 0.416 e. The van der Waals surface area contributed by atoms with E-state index in [1.54, 1.807) is 12.4 Å². The lowest BCUT2D eigenvalue weighted by atomic mass is 10.0. The van der Waals surface area contributed by atoms with Crippen molar-refractivity contribution in [3.8, 4) is 0 Å². The highest BCUT2D eigenvalue weighted by Crippen LogP contribution is 2.29. The van der Waals surface area contributed by atoms with Crippen LogP contribution in [-0.2, 0) is 23.8 Å². The number of nitrogens with zero attached hydrogens (tertiary/aromatic N) is 1. The molecule has 2 N–H and O–H groups in total. The van der Waals surface area contributed by atoms with Crippen LogP contribution in [0.5, 0.6) is 0 Å². The Hall–Kier alpha value is -3.09. The van der Waals surface area contributed by atoms with Gasteiger partial charge in [0.25, 0.3) is 0 Å². The Morgan fingerprint density at radius 1 is 1.11 bits per heavy atom. The van der Waals surface area contributed by atoms with Gasteiger partial charge in [0.2, 0.25) is 5.91 Å². The number of alkyl halides is 3. The van der Waals surface area contributed by atoms with Crippen molar-refractivity contribution >= 4 is 5.91 Å². The molecule has 0 aliphatic rings. The molecular weight excluding hydrogens is 355 g/mol. The molecule has 140 valence electrons. The molecular formula is C20H18F3N3O. The van der Waals surface area contributed by atoms with E-state index in [4.69, 9.17) is 0 Å². The molecule has 0 radical (unpaired) electrons. The molecule has 0 saturated carbocycles.